The van der Waals surface area contributed by atoms with Crippen molar-refractivity contribution in [1.82, 2.24) is 0 Å². The van der Waals surface area contributed by atoms with Gasteiger partial charge in [-0.3, -0.25) is 4.79 Å². The number of benzene rings is 2. The summed E-state index contributed by atoms with van der Waals surface area (Å²) in [7, 11) is 0. The van der Waals surface area contributed by atoms with Gasteiger partial charge in [0.15, 0.2) is 0 Å². The summed E-state index contributed by atoms with van der Waals surface area (Å²) in [5.74, 6) is 1.000. The molecule has 1 atom stereocenters. The zero-order chi connectivity index (χ0) is 16.8. The van der Waals surface area contributed by atoms with Crippen LogP contribution in [0.4, 0.5) is 5.69 Å². The molecule has 0 aliphatic rings. The van der Waals surface area contributed by atoms with Gasteiger partial charge in [0.25, 0.3) is 5.91 Å². The minimum Gasteiger partial charge on any atom is -0.491 e. The van der Waals surface area contributed by atoms with Crippen LogP contribution in [0.3, 0.4) is 0 Å². The second-order valence-corrected chi connectivity index (χ2v) is 6.05. The number of carbonyl (C=O) groups excluding carboxylic acids is 1. The van der Waals surface area contributed by atoms with Crippen LogP contribution in [0.5, 0.6) is 5.75 Å². The summed E-state index contributed by atoms with van der Waals surface area (Å²) >= 11 is 0. The first-order valence-corrected chi connectivity index (χ1v) is 8.18. The van der Waals surface area contributed by atoms with E-state index in [1.54, 1.807) is 12.1 Å². The highest BCUT2D eigenvalue weighted by atomic mass is 16.5. The summed E-state index contributed by atoms with van der Waals surface area (Å²) in [5.41, 5.74) is 2.64. The highest BCUT2D eigenvalue weighted by molar-refractivity contribution is 6.04. The van der Waals surface area contributed by atoms with E-state index in [1.807, 2.05) is 44.2 Å². The third kappa shape index (κ3) is 4.59. The van der Waals surface area contributed by atoms with Crippen LogP contribution in [0, 0.1) is 0 Å². The normalized spacial score (nSPS) is 12.0. The quantitative estimate of drug-likeness (QED) is 0.792. The van der Waals surface area contributed by atoms with E-state index in [-0.39, 0.29) is 12.0 Å². The highest BCUT2D eigenvalue weighted by Crippen LogP contribution is 2.27. The third-order valence-corrected chi connectivity index (χ3v) is 3.82. The zero-order valence-corrected chi connectivity index (χ0v) is 14.3. The lowest BCUT2D eigenvalue weighted by molar-refractivity contribution is 0.102. The second-order valence-electron chi connectivity index (χ2n) is 6.05. The van der Waals surface area contributed by atoms with Gasteiger partial charge < -0.3 is 10.1 Å². The molecule has 3 nitrogen and oxygen atoms in total. The number of ether oxygens (including phenoxy) is 1. The number of anilines is 1. The molecule has 0 heterocycles. The number of para-hydroxylation sites is 1. The van der Waals surface area contributed by atoms with Gasteiger partial charge in [0.1, 0.15) is 5.75 Å². The molecule has 2 aromatic rings. The van der Waals surface area contributed by atoms with Crippen molar-refractivity contribution in [3.8, 4) is 5.75 Å². The minimum atomic E-state index is -0.116. The molecule has 0 aliphatic heterocycles. The molecular weight excluding hydrogens is 286 g/mol. The highest BCUT2D eigenvalue weighted by Gasteiger charge is 2.13. The summed E-state index contributed by atoms with van der Waals surface area (Å²) in [5, 5.41) is 3.03. The van der Waals surface area contributed by atoms with E-state index in [1.165, 1.54) is 0 Å². The van der Waals surface area contributed by atoms with Crippen molar-refractivity contribution in [2.45, 2.75) is 46.1 Å². The summed E-state index contributed by atoms with van der Waals surface area (Å²) in [6.45, 7) is 8.25. The first kappa shape index (κ1) is 17.1. The van der Waals surface area contributed by atoms with Crippen molar-refractivity contribution in [3.63, 3.8) is 0 Å². The van der Waals surface area contributed by atoms with E-state index in [4.69, 9.17) is 4.74 Å². The molecule has 2 aromatic carbocycles. The molecule has 0 saturated heterocycles. The third-order valence-electron chi connectivity index (χ3n) is 3.82. The summed E-state index contributed by atoms with van der Waals surface area (Å²) < 4.78 is 5.65. The van der Waals surface area contributed by atoms with Crippen molar-refractivity contribution in [2.24, 2.45) is 0 Å². The molecule has 0 aliphatic carbocycles. The zero-order valence-electron chi connectivity index (χ0n) is 14.3. The van der Waals surface area contributed by atoms with Crippen LogP contribution in [0.2, 0.25) is 0 Å². The Morgan fingerprint density at radius 3 is 2.52 bits per heavy atom. The summed E-state index contributed by atoms with van der Waals surface area (Å²) in [6, 6.07) is 15.3. The SMILES string of the molecule is CC[C@H](C)c1ccccc1NC(=O)c1cccc(OC(C)C)c1. The first-order valence-electron chi connectivity index (χ1n) is 8.18. The maximum atomic E-state index is 12.5. The predicted octanol–water partition coefficient (Wildman–Crippen LogP) is 5.24. The Bertz CT molecular complexity index is 664. The molecule has 1 amide bonds. The Morgan fingerprint density at radius 2 is 1.83 bits per heavy atom. The van der Waals surface area contributed by atoms with Crippen molar-refractivity contribution < 1.29 is 9.53 Å². The Morgan fingerprint density at radius 1 is 1.09 bits per heavy atom. The molecule has 0 aromatic heterocycles. The van der Waals surface area contributed by atoms with Gasteiger partial charge in [0.2, 0.25) is 0 Å². The first-order chi connectivity index (χ1) is 11.0. The number of hydrogen-bond acceptors (Lipinski definition) is 2. The van der Waals surface area contributed by atoms with Gasteiger partial charge in [-0.05, 0) is 56.0 Å². The standard InChI is InChI=1S/C20H25NO2/c1-5-15(4)18-11-6-7-12-19(18)21-20(22)16-9-8-10-17(13-16)23-14(2)3/h6-15H,5H2,1-4H3,(H,21,22)/t15-/m0/s1. The maximum Gasteiger partial charge on any atom is 0.255 e. The van der Waals surface area contributed by atoms with Crippen LogP contribution >= 0.6 is 0 Å². The molecule has 0 bridgehead atoms. The van der Waals surface area contributed by atoms with Gasteiger partial charge in [0.05, 0.1) is 6.10 Å². The molecule has 3 heteroatoms. The van der Waals surface area contributed by atoms with Gasteiger partial charge in [-0.2, -0.15) is 0 Å². The lowest BCUT2D eigenvalue weighted by Gasteiger charge is -2.16. The number of amides is 1. The van der Waals surface area contributed by atoms with E-state index in [9.17, 15) is 4.79 Å². The Kier molecular flexibility index (Phi) is 5.80. The smallest absolute Gasteiger partial charge is 0.255 e. The van der Waals surface area contributed by atoms with Crippen molar-refractivity contribution in [1.29, 1.82) is 0 Å². The lowest BCUT2D eigenvalue weighted by atomic mass is 9.97. The Balaban J connectivity index is 2.20. The van der Waals surface area contributed by atoms with Gasteiger partial charge in [-0.1, -0.05) is 38.1 Å². The molecule has 0 saturated carbocycles. The predicted molar refractivity (Wildman–Crippen MR) is 95.3 cm³/mol. The molecule has 122 valence electrons. The number of nitrogens with one attached hydrogen (secondary N) is 1. The van der Waals surface area contributed by atoms with Crippen molar-refractivity contribution >= 4 is 11.6 Å². The van der Waals surface area contributed by atoms with E-state index in [2.05, 4.69) is 25.2 Å². The summed E-state index contributed by atoms with van der Waals surface area (Å²) in [6.07, 6.45) is 1.12. The van der Waals surface area contributed by atoms with Crippen LogP contribution < -0.4 is 10.1 Å². The molecule has 23 heavy (non-hydrogen) atoms. The lowest BCUT2D eigenvalue weighted by Crippen LogP contribution is -2.14. The van der Waals surface area contributed by atoms with Gasteiger partial charge in [-0.15, -0.1) is 0 Å². The van der Waals surface area contributed by atoms with E-state index in [0.29, 0.717) is 17.2 Å². The molecule has 0 fully saturated rings. The average Bonchev–Trinajstić information content (AvgIpc) is 2.54. The fraction of sp³-hybridized carbons (Fsp3) is 0.350. The fourth-order valence-corrected chi connectivity index (χ4v) is 2.44. The molecule has 2 rings (SSSR count). The van der Waals surface area contributed by atoms with Crippen molar-refractivity contribution in [2.75, 3.05) is 5.32 Å². The van der Waals surface area contributed by atoms with E-state index < -0.39 is 0 Å². The van der Waals surface area contributed by atoms with Gasteiger partial charge in [0, 0.05) is 11.3 Å². The monoisotopic (exact) mass is 311 g/mol. The number of carbonyl (C=O) groups is 1. The Hall–Kier alpha value is -2.29. The van der Waals surface area contributed by atoms with Crippen molar-refractivity contribution in [3.05, 3.63) is 59.7 Å². The molecular formula is C20H25NO2. The van der Waals surface area contributed by atoms with Crippen LogP contribution in [0.15, 0.2) is 48.5 Å². The van der Waals surface area contributed by atoms with E-state index >= 15 is 0 Å². The van der Waals surface area contributed by atoms with Crippen LogP contribution in [-0.2, 0) is 0 Å². The van der Waals surface area contributed by atoms with Gasteiger partial charge in [-0.25, -0.2) is 0 Å². The number of hydrogen-bond donors (Lipinski definition) is 1. The Labute approximate surface area is 138 Å². The molecule has 0 unspecified atom stereocenters. The van der Waals surface area contributed by atoms with Crippen LogP contribution in [0.1, 0.15) is 56.0 Å². The minimum absolute atomic E-state index is 0.0828. The maximum absolute atomic E-state index is 12.5. The van der Waals surface area contributed by atoms with Crippen LogP contribution in [0.25, 0.3) is 0 Å². The fourth-order valence-electron chi connectivity index (χ4n) is 2.44. The molecule has 0 radical (unpaired) electrons. The molecule has 1 N–H and O–H groups in total. The van der Waals surface area contributed by atoms with Crippen LogP contribution in [-0.4, -0.2) is 12.0 Å². The number of rotatable bonds is 6. The average molecular weight is 311 g/mol. The van der Waals surface area contributed by atoms with Gasteiger partial charge >= 0.3 is 0 Å². The second kappa shape index (κ2) is 7.82. The summed E-state index contributed by atoms with van der Waals surface area (Å²) in [4.78, 5) is 12.5. The van der Waals surface area contributed by atoms with E-state index in [0.717, 1.165) is 17.7 Å². The topological polar surface area (TPSA) is 38.3 Å². The largest absolute Gasteiger partial charge is 0.491 e. The molecule has 0 spiro atoms.